The first-order valence-electron chi connectivity index (χ1n) is 6.50. The minimum Gasteiger partial charge on any atom is -0.281 e. The molecule has 2 aromatic heterocycles. The third kappa shape index (κ3) is 2.37. The fraction of sp³-hybridized carbons (Fsp3) is 0.200. The SMILES string of the molecule is CCc1nc2cccnc2n1-c1cccc(C(F)(F)F)c1. The second-order valence-corrected chi connectivity index (χ2v) is 4.61. The van der Waals surface area contributed by atoms with Gasteiger partial charge >= 0.3 is 6.18 Å². The predicted octanol–water partition coefficient (Wildman–Crippen LogP) is 4.00. The number of benzene rings is 1. The van der Waals surface area contributed by atoms with Gasteiger partial charge in [0, 0.05) is 18.3 Å². The second-order valence-electron chi connectivity index (χ2n) is 4.61. The molecule has 2 heterocycles. The number of aromatic nitrogens is 3. The van der Waals surface area contributed by atoms with E-state index in [0.29, 0.717) is 29.1 Å². The molecule has 0 saturated heterocycles. The van der Waals surface area contributed by atoms with Crippen LogP contribution in [0.4, 0.5) is 13.2 Å². The Labute approximate surface area is 119 Å². The molecule has 0 saturated carbocycles. The molecule has 21 heavy (non-hydrogen) atoms. The van der Waals surface area contributed by atoms with Crippen LogP contribution in [0.25, 0.3) is 16.9 Å². The summed E-state index contributed by atoms with van der Waals surface area (Å²) in [7, 11) is 0. The Balaban J connectivity index is 2.25. The number of alkyl halides is 3. The molecule has 3 aromatic rings. The summed E-state index contributed by atoms with van der Waals surface area (Å²) in [5, 5.41) is 0. The molecule has 0 bridgehead atoms. The van der Waals surface area contributed by atoms with E-state index in [1.165, 1.54) is 6.07 Å². The van der Waals surface area contributed by atoms with Gasteiger partial charge in [0.1, 0.15) is 11.3 Å². The third-order valence-corrected chi connectivity index (χ3v) is 3.23. The third-order valence-electron chi connectivity index (χ3n) is 3.23. The van der Waals surface area contributed by atoms with Crippen LogP contribution in [-0.4, -0.2) is 14.5 Å². The van der Waals surface area contributed by atoms with Gasteiger partial charge in [-0.05, 0) is 30.3 Å². The van der Waals surface area contributed by atoms with Gasteiger partial charge < -0.3 is 0 Å². The molecule has 3 nitrogen and oxygen atoms in total. The zero-order valence-electron chi connectivity index (χ0n) is 11.2. The van der Waals surface area contributed by atoms with Gasteiger partial charge in [-0.25, -0.2) is 9.97 Å². The number of rotatable bonds is 2. The first-order chi connectivity index (χ1) is 10.0. The fourth-order valence-corrected chi connectivity index (χ4v) is 2.29. The summed E-state index contributed by atoms with van der Waals surface area (Å²) in [4.78, 5) is 8.66. The van der Waals surface area contributed by atoms with Crippen LogP contribution in [0.15, 0.2) is 42.6 Å². The van der Waals surface area contributed by atoms with Crippen molar-refractivity contribution < 1.29 is 13.2 Å². The average molecular weight is 291 g/mol. The maximum Gasteiger partial charge on any atom is 0.416 e. The van der Waals surface area contributed by atoms with E-state index in [4.69, 9.17) is 0 Å². The Morgan fingerprint density at radius 2 is 1.95 bits per heavy atom. The van der Waals surface area contributed by atoms with Crippen molar-refractivity contribution in [2.24, 2.45) is 0 Å². The smallest absolute Gasteiger partial charge is 0.281 e. The van der Waals surface area contributed by atoms with Gasteiger partial charge in [-0.2, -0.15) is 13.2 Å². The van der Waals surface area contributed by atoms with E-state index in [1.54, 1.807) is 29.0 Å². The molecule has 0 fully saturated rings. The number of hydrogen-bond donors (Lipinski definition) is 0. The van der Waals surface area contributed by atoms with Crippen molar-refractivity contribution in [2.75, 3.05) is 0 Å². The Morgan fingerprint density at radius 1 is 1.14 bits per heavy atom. The van der Waals surface area contributed by atoms with Gasteiger partial charge in [0.25, 0.3) is 0 Å². The number of imidazole rings is 1. The molecule has 0 N–H and O–H groups in total. The summed E-state index contributed by atoms with van der Waals surface area (Å²) in [5.41, 5.74) is 0.975. The van der Waals surface area contributed by atoms with Crippen LogP contribution in [0, 0.1) is 0 Å². The average Bonchev–Trinajstić information content (AvgIpc) is 2.85. The zero-order chi connectivity index (χ0) is 15.0. The predicted molar refractivity (Wildman–Crippen MR) is 73.2 cm³/mol. The molecular formula is C15H12F3N3. The summed E-state index contributed by atoms with van der Waals surface area (Å²) in [6, 6.07) is 8.75. The van der Waals surface area contributed by atoms with Gasteiger partial charge in [-0.1, -0.05) is 13.0 Å². The van der Waals surface area contributed by atoms with Crippen molar-refractivity contribution in [3.05, 3.63) is 54.0 Å². The Kier molecular flexibility index (Phi) is 3.16. The van der Waals surface area contributed by atoms with Crippen LogP contribution in [0.2, 0.25) is 0 Å². The number of aryl methyl sites for hydroxylation is 1. The van der Waals surface area contributed by atoms with Gasteiger partial charge in [0.2, 0.25) is 0 Å². The molecule has 108 valence electrons. The van der Waals surface area contributed by atoms with Crippen molar-refractivity contribution in [2.45, 2.75) is 19.5 Å². The largest absolute Gasteiger partial charge is 0.416 e. The minimum absolute atomic E-state index is 0.419. The van der Waals surface area contributed by atoms with Crippen LogP contribution in [0.5, 0.6) is 0 Å². The Hall–Kier alpha value is -2.37. The molecule has 0 spiro atoms. The molecule has 1 aromatic carbocycles. The molecule has 0 aliphatic carbocycles. The van der Waals surface area contributed by atoms with Crippen LogP contribution in [0.1, 0.15) is 18.3 Å². The monoisotopic (exact) mass is 291 g/mol. The first-order valence-corrected chi connectivity index (χ1v) is 6.50. The molecule has 0 atom stereocenters. The van der Waals surface area contributed by atoms with Gasteiger partial charge in [0.15, 0.2) is 5.65 Å². The van der Waals surface area contributed by atoms with Gasteiger partial charge in [-0.3, -0.25) is 4.57 Å². The zero-order valence-corrected chi connectivity index (χ0v) is 11.2. The molecule has 0 aliphatic heterocycles. The van der Waals surface area contributed by atoms with Crippen molar-refractivity contribution >= 4 is 11.2 Å². The summed E-state index contributed by atoms with van der Waals surface area (Å²) >= 11 is 0. The minimum atomic E-state index is -4.37. The normalized spacial score (nSPS) is 12.0. The maximum absolute atomic E-state index is 12.9. The van der Waals surface area contributed by atoms with Crippen LogP contribution in [-0.2, 0) is 12.6 Å². The summed E-state index contributed by atoms with van der Waals surface area (Å²) < 4.78 is 40.3. The molecule has 6 heteroatoms. The lowest BCUT2D eigenvalue weighted by molar-refractivity contribution is -0.137. The van der Waals surface area contributed by atoms with Gasteiger partial charge in [-0.15, -0.1) is 0 Å². The molecule has 3 rings (SSSR count). The lowest BCUT2D eigenvalue weighted by Crippen LogP contribution is -2.07. The first kappa shape index (κ1) is 13.6. The Morgan fingerprint density at radius 3 is 2.67 bits per heavy atom. The number of pyridine rings is 1. The summed E-state index contributed by atoms with van der Waals surface area (Å²) in [6.07, 6.45) is -2.16. The quantitative estimate of drug-likeness (QED) is 0.714. The van der Waals surface area contributed by atoms with Crippen molar-refractivity contribution in [3.8, 4) is 5.69 Å². The van der Waals surface area contributed by atoms with Gasteiger partial charge in [0.05, 0.1) is 5.56 Å². The van der Waals surface area contributed by atoms with E-state index in [1.807, 2.05) is 6.92 Å². The van der Waals surface area contributed by atoms with E-state index in [9.17, 15) is 13.2 Å². The van der Waals surface area contributed by atoms with E-state index in [2.05, 4.69) is 9.97 Å². The highest BCUT2D eigenvalue weighted by molar-refractivity contribution is 5.73. The van der Waals surface area contributed by atoms with Crippen LogP contribution >= 0.6 is 0 Å². The summed E-state index contributed by atoms with van der Waals surface area (Å²) in [5.74, 6) is 0.683. The topological polar surface area (TPSA) is 30.7 Å². The van der Waals surface area contributed by atoms with E-state index in [-0.39, 0.29) is 0 Å². The van der Waals surface area contributed by atoms with Crippen molar-refractivity contribution in [3.63, 3.8) is 0 Å². The number of hydrogen-bond acceptors (Lipinski definition) is 2. The molecule has 0 unspecified atom stereocenters. The number of nitrogens with zero attached hydrogens (tertiary/aromatic N) is 3. The summed E-state index contributed by atoms with van der Waals surface area (Å²) in [6.45, 7) is 1.91. The van der Waals surface area contributed by atoms with E-state index < -0.39 is 11.7 Å². The molecule has 0 aliphatic rings. The van der Waals surface area contributed by atoms with Crippen molar-refractivity contribution in [1.29, 1.82) is 0 Å². The highest BCUT2D eigenvalue weighted by atomic mass is 19.4. The fourth-order valence-electron chi connectivity index (χ4n) is 2.29. The standard InChI is InChI=1S/C15H12F3N3/c1-2-13-20-12-7-4-8-19-14(12)21(13)11-6-3-5-10(9-11)15(16,17)18/h3-9H,2H2,1H3. The van der Waals surface area contributed by atoms with Crippen LogP contribution < -0.4 is 0 Å². The van der Waals surface area contributed by atoms with Crippen LogP contribution in [0.3, 0.4) is 0 Å². The lowest BCUT2D eigenvalue weighted by atomic mass is 10.2. The van der Waals surface area contributed by atoms with E-state index >= 15 is 0 Å². The number of fused-ring (bicyclic) bond motifs is 1. The van der Waals surface area contributed by atoms with E-state index in [0.717, 1.165) is 12.1 Å². The van der Waals surface area contributed by atoms with Crippen molar-refractivity contribution in [1.82, 2.24) is 14.5 Å². The highest BCUT2D eigenvalue weighted by Crippen LogP contribution is 2.31. The molecule has 0 amide bonds. The second kappa shape index (κ2) is 4.87. The Bertz CT molecular complexity index is 790. The maximum atomic E-state index is 12.9. The number of halogens is 3. The highest BCUT2D eigenvalue weighted by Gasteiger charge is 2.30. The molecule has 0 radical (unpaired) electrons. The lowest BCUT2D eigenvalue weighted by Gasteiger charge is -2.11. The molecular weight excluding hydrogens is 279 g/mol.